The summed E-state index contributed by atoms with van der Waals surface area (Å²) >= 11 is 0. The molecule has 1 aromatic rings. The molecule has 1 aromatic carbocycles. The van der Waals surface area contributed by atoms with E-state index >= 15 is 0 Å². The SMILES string of the molecule is F[N]CCc1ccccc1. The van der Waals surface area contributed by atoms with Crippen LogP contribution in [0.25, 0.3) is 0 Å². The molecule has 1 rings (SSSR count). The molecular formula is C8H9FN. The lowest BCUT2D eigenvalue weighted by Gasteiger charge is -1.94. The van der Waals surface area contributed by atoms with Crippen LogP contribution in [-0.2, 0) is 6.42 Å². The van der Waals surface area contributed by atoms with Crippen molar-refractivity contribution >= 4 is 0 Å². The lowest BCUT2D eigenvalue weighted by molar-refractivity contribution is 0.325. The van der Waals surface area contributed by atoms with E-state index in [1.54, 1.807) is 0 Å². The molecule has 0 saturated heterocycles. The van der Waals surface area contributed by atoms with Crippen LogP contribution < -0.4 is 5.54 Å². The first-order valence-electron chi connectivity index (χ1n) is 3.25. The van der Waals surface area contributed by atoms with Crippen LogP contribution in [0.2, 0.25) is 0 Å². The fourth-order valence-corrected chi connectivity index (χ4v) is 0.816. The third kappa shape index (κ3) is 2.15. The molecule has 0 aliphatic heterocycles. The van der Waals surface area contributed by atoms with E-state index in [2.05, 4.69) is 5.54 Å². The van der Waals surface area contributed by atoms with Gasteiger partial charge in [-0.05, 0) is 17.5 Å². The average Bonchev–Trinajstić information content (AvgIpc) is 2.03. The van der Waals surface area contributed by atoms with Gasteiger partial charge in [0.25, 0.3) is 0 Å². The molecule has 53 valence electrons. The van der Waals surface area contributed by atoms with E-state index in [1.165, 1.54) is 0 Å². The molecule has 0 unspecified atom stereocenters. The number of hydrogen-bond acceptors (Lipinski definition) is 0. The summed E-state index contributed by atoms with van der Waals surface area (Å²) in [6, 6.07) is 9.74. The summed E-state index contributed by atoms with van der Waals surface area (Å²) in [5.41, 5.74) is 3.66. The maximum absolute atomic E-state index is 11.3. The van der Waals surface area contributed by atoms with Crippen molar-refractivity contribution in [3.05, 3.63) is 35.9 Å². The van der Waals surface area contributed by atoms with Gasteiger partial charge < -0.3 is 0 Å². The van der Waals surface area contributed by atoms with E-state index in [4.69, 9.17) is 0 Å². The molecule has 0 aliphatic rings. The fourth-order valence-electron chi connectivity index (χ4n) is 0.816. The predicted octanol–water partition coefficient (Wildman–Crippen LogP) is 1.72. The largest absolute Gasteiger partial charge is 0.115 e. The Morgan fingerprint density at radius 1 is 1.20 bits per heavy atom. The van der Waals surface area contributed by atoms with Crippen molar-refractivity contribution in [2.45, 2.75) is 6.42 Å². The van der Waals surface area contributed by atoms with Gasteiger partial charge in [0.1, 0.15) is 0 Å². The topological polar surface area (TPSA) is 14.1 Å². The van der Waals surface area contributed by atoms with Crippen molar-refractivity contribution in [1.82, 2.24) is 5.54 Å². The highest BCUT2D eigenvalue weighted by Gasteiger charge is 1.89. The number of hydrogen-bond donors (Lipinski definition) is 0. The van der Waals surface area contributed by atoms with Crippen LogP contribution in [0.1, 0.15) is 5.56 Å². The minimum absolute atomic E-state index is 0.268. The quantitative estimate of drug-likeness (QED) is 0.603. The minimum atomic E-state index is 0.268. The van der Waals surface area contributed by atoms with Gasteiger partial charge >= 0.3 is 0 Å². The molecular weight excluding hydrogens is 129 g/mol. The Balaban J connectivity index is 2.43. The van der Waals surface area contributed by atoms with Gasteiger partial charge in [-0.25, -0.2) is 0 Å². The molecule has 1 radical (unpaired) electrons. The van der Waals surface area contributed by atoms with Gasteiger partial charge in [-0.15, -0.1) is 4.48 Å². The predicted molar refractivity (Wildman–Crippen MR) is 38.3 cm³/mol. The highest BCUT2D eigenvalue weighted by Crippen LogP contribution is 1.97. The molecule has 10 heavy (non-hydrogen) atoms. The van der Waals surface area contributed by atoms with Crippen molar-refractivity contribution in [3.63, 3.8) is 0 Å². The Kier molecular flexibility index (Phi) is 2.90. The summed E-state index contributed by atoms with van der Waals surface area (Å²) in [5.74, 6) is 0. The van der Waals surface area contributed by atoms with Crippen molar-refractivity contribution in [3.8, 4) is 0 Å². The van der Waals surface area contributed by atoms with Gasteiger partial charge in [0.05, 0.1) is 6.54 Å². The van der Waals surface area contributed by atoms with Crippen molar-refractivity contribution in [2.75, 3.05) is 6.54 Å². The number of benzene rings is 1. The highest BCUT2D eigenvalue weighted by atomic mass is 19.2. The van der Waals surface area contributed by atoms with Gasteiger partial charge in [-0.1, -0.05) is 30.3 Å². The maximum Gasteiger partial charge on any atom is 0.0521 e. The second kappa shape index (κ2) is 4.01. The van der Waals surface area contributed by atoms with Gasteiger partial charge in [-0.3, -0.25) is 0 Å². The molecule has 0 aliphatic carbocycles. The van der Waals surface area contributed by atoms with Gasteiger partial charge in [0.2, 0.25) is 0 Å². The van der Waals surface area contributed by atoms with Gasteiger partial charge in [0.15, 0.2) is 0 Å². The second-order valence-corrected chi connectivity index (χ2v) is 2.08. The first-order chi connectivity index (χ1) is 4.93. The van der Waals surface area contributed by atoms with Crippen molar-refractivity contribution < 1.29 is 4.48 Å². The Bertz CT molecular complexity index is 174. The third-order valence-corrected chi connectivity index (χ3v) is 1.33. The van der Waals surface area contributed by atoms with Crippen LogP contribution in [0.15, 0.2) is 30.3 Å². The summed E-state index contributed by atoms with van der Waals surface area (Å²) < 4.78 is 11.3. The summed E-state index contributed by atoms with van der Waals surface area (Å²) in [5, 5.41) is 0. The maximum atomic E-state index is 11.3. The van der Waals surface area contributed by atoms with E-state index in [0.717, 1.165) is 5.56 Å². The smallest absolute Gasteiger partial charge is 0.0521 e. The van der Waals surface area contributed by atoms with Crippen molar-refractivity contribution in [2.24, 2.45) is 0 Å². The van der Waals surface area contributed by atoms with Crippen LogP contribution in [0.3, 0.4) is 0 Å². The molecule has 0 aromatic heterocycles. The molecule has 0 N–H and O–H groups in total. The Morgan fingerprint density at radius 2 is 1.90 bits per heavy atom. The minimum Gasteiger partial charge on any atom is -0.115 e. The normalized spacial score (nSPS) is 9.70. The highest BCUT2D eigenvalue weighted by molar-refractivity contribution is 5.14. The number of rotatable bonds is 3. The molecule has 0 atom stereocenters. The molecule has 0 heterocycles. The third-order valence-electron chi connectivity index (χ3n) is 1.33. The summed E-state index contributed by atoms with van der Waals surface area (Å²) in [6.45, 7) is 0.268. The lowest BCUT2D eigenvalue weighted by Crippen LogP contribution is -1.98. The van der Waals surface area contributed by atoms with E-state index in [9.17, 15) is 4.48 Å². The zero-order valence-corrected chi connectivity index (χ0v) is 5.63. The second-order valence-electron chi connectivity index (χ2n) is 2.08. The molecule has 1 nitrogen and oxygen atoms in total. The van der Waals surface area contributed by atoms with Crippen LogP contribution in [-0.4, -0.2) is 6.54 Å². The Hall–Kier alpha value is -0.890. The number of nitrogens with zero attached hydrogens (tertiary/aromatic N) is 1. The van der Waals surface area contributed by atoms with Gasteiger partial charge in [0, 0.05) is 0 Å². The van der Waals surface area contributed by atoms with Gasteiger partial charge in [-0.2, -0.15) is 0 Å². The van der Waals surface area contributed by atoms with E-state index in [0.29, 0.717) is 6.42 Å². The summed E-state index contributed by atoms with van der Waals surface area (Å²) in [6.07, 6.45) is 0.692. The zero-order valence-electron chi connectivity index (χ0n) is 5.63. The first kappa shape index (κ1) is 7.22. The number of halogens is 1. The molecule has 0 amide bonds. The molecule has 0 spiro atoms. The summed E-state index contributed by atoms with van der Waals surface area (Å²) in [7, 11) is 0. The monoisotopic (exact) mass is 138 g/mol. The zero-order chi connectivity index (χ0) is 7.23. The summed E-state index contributed by atoms with van der Waals surface area (Å²) in [4.78, 5) is 0. The Labute approximate surface area is 59.8 Å². The fraction of sp³-hybridized carbons (Fsp3) is 0.250. The molecule has 2 heteroatoms. The Morgan fingerprint density at radius 3 is 2.50 bits per heavy atom. The van der Waals surface area contributed by atoms with Crippen LogP contribution in [0.4, 0.5) is 4.48 Å². The van der Waals surface area contributed by atoms with E-state index in [1.807, 2.05) is 30.3 Å². The van der Waals surface area contributed by atoms with E-state index < -0.39 is 0 Å². The van der Waals surface area contributed by atoms with Crippen LogP contribution >= 0.6 is 0 Å². The van der Waals surface area contributed by atoms with Crippen LogP contribution in [0.5, 0.6) is 0 Å². The molecule has 0 bridgehead atoms. The average molecular weight is 138 g/mol. The van der Waals surface area contributed by atoms with Crippen molar-refractivity contribution in [1.29, 1.82) is 0 Å². The first-order valence-corrected chi connectivity index (χ1v) is 3.25. The lowest BCUT2D eigenvalue weighted by atomic mass is 10.2. The standard InChI is InChI=1S/C8H9FN/c9-10-7-6-8-4-2-1-3-5-8/h1-5H,6-7H2. The molecule has 0 saturated carbocycles. The van der Waals surface area contributed by atoms with E-state index in [-0.39, 0.29) is 6.54 Å². The van der Waals surface area contributed by atoms with Crippen LogP contribution in [0, 0.1) is 0 Å². The molecule has 0 fully saturated rings.